The van der Waals surface area contributed by atoms with E-state index in [0.29, 0.717) is 51.4 Å². The highest BCUT2D eigenvalue weighted by atomic mass is 32.2. The zero-order valence-electron chi connectivity index (χ0n) is 28.2. The van der Waals surface area contributed by atoms with Crippen LogP contribution in [0, 0.1) is 6.92 Å². The van der Waals surface area contributed by atoms with Crippen LogP contribution in [0.1, 0.15) is 43.0 Å². The van der Waals surface area contributed by atoms with Gasteiger partial charge in [-0.15, -0.1) is 4.33 Å². The fourth-order valence-corrected chi connectivity index (χ4v) is 5.70. The molecule has 0 saturated carbocycles. The van der Waals surface area contributed by atoms with Crippen molar-refractivity contribution in [1.82, 2.24) is 0 Å². The topological polar surface area (TPSA) is 209 Å². The lowest BCUT2D eigenvalue weighted by Crippen LogP contribution is -2.07. The number of ether oxygens (including phenoxy) is 3. The summed E-state index contributed by atoms with van der Waals surface area (Å²) >= 11 is 0.614. The minimum absolute atomic E-state index is 0.0150. The van der Waals surface area contributed by atoms with Crippen molar-refractivity contribution < 1.29 is 64.4 Å². The summed E-state index contributed by atoms with van der Waals surface area (Å²) in [5.74, 6) is 0.417. The van der Waals surface area contributed by atoms with Gasteiger partial charge in [0.15, 0.2) is 11.6 Å². The van der Waals surface area contributed by atoms with E-state index in [2.05, 4.69) is 9.37 Å². The van der Waals surface area contributed by atoms with E-state index in [4.69, 9.17) is 24.0 Å². The van der Waals surface area contributed by atoms with Gasteiger partial charge in [0.2, 0.25) is 0 Å². The zero-order valence-corrected chi connectivity index (χ0v) is 30.6. The molecule has 5 aromatic rings. The number of ketones is 2. The van der Waals surface area contributed by atoms with Crippen LogP contribution in [0.4, 0.5) is 0 Å². The number of carbonyl (C=O) groups is 2. The average molecular weight is 785 g/mol. The molecular weight excluding hydrogens is 753 g/mol. The van der Waals surface area contributed by atoms with Crippen molar-refractivity contribution in [1.29, 1.82) is 0 Å². The molecule has 0 aromatic heterocycles. The SMILES string of the molecule is COc1ccc(Oc2ccc(C(=O)c3ccc(COc4ccc(C(=O)c5ccc(C)cc5)cc4)c(SOOO)c3)cc2S(=O)(=O)O)cc1.CS(=O)(=O)O. The van der Waals surface area contributed by atoms with Crippen molar-refractivity contribution in [3.63, 3.8) is 0 Å². The molecule has 0 saturated heterocycles. The van der Waals surface area contributed by atoms with Crippen molar-refractivity contribution in [3.05, 3.63) is 143 Å². The summed E-state index contributed by atoms with van der Waals surface area (Å²) in [6.45, 7) is 1.96. The second kappa shape index (κ2) is 18.1. The molecule has 0 fully saturated rings. The number of rotatable bonds is 14. The monoisotopic (exact) mass is 784 g/mol. The Labute approximate surface area is 309 Å². The summed E-state index contributed by atoms with van der Waals surface area (Å²) in [4.78, 5) is 26.0. The third-order valence-electron chi connectivity index (χ3n) is 7.08. The lowest BCUT2D eigenvalue weighted by Gasteiger charge is -2.13. The first-order chi connectivity index (χ1) is 25.0. The number of hydrogen-bond acceptors (Lipinski definition) is 13. The Morgan fingerprint density at radius 3 is 1.74 bits per heavy atom. The molecule has 5 aromatic carbocycles. The summed E-state index contributed by atoms with van der Waals surface area (Å²) in [6.07, 6.45) is 0.715. The van der Waals surface area contributed by atoms with Crippen LogP contribution in [0.5, 0.6) is 23.0 Å². The fourth-order valence-electron chi connectivity index (χ4n) is 4.55. The third kappa shape index (κ3) is 12.2. The van der Waals surface area contributed by atoms with E-state index in [1.165, 1.54) is 31.4 Å². The molecule has 0 heterocycles. The summed E-state index contributed by atoms with van der Waals surface area (Å²) in [5.41, 5.74) is 2.75. The van der Waals surface area contributed by atoms with Crippen LogP contribution in [0.15, 0.2) is 119 Å². The van der Waals surface area contributed by atoms with Crippen LogP contribution in [0.3, 0.4) is 0 Å². The lowest BCUT2D eigenvalue weighted by molar-refractivity contribution is -0.432. The Kier molecular flexibility index (Phi) is 13.9. The van der Waals surface area contributed by atoms with Gasteiger partial charge < -0.3 is 14.2 Å². The normalized spacial score (nSPS) is 11.2. The molecule has 14 nitrogen and oxygen atoms in total. The number of hydrogen-bond donors (Lipinski definition) is 3. The highest BCUT2D eigenvalue weighted by Gasteiger charge is 2.22. The molecule has 0 aliphatic carbocycles. The molecule has 53 heavy (non-hydrogen) atoms. The number of benzene rings is 5. The maximum Gasteiger partial charge on any atom is 0.298 e. The predicted molar refractivity (Wildman–Crippen MR) is 193 cm³/mol. The number of aryl methyl sites for hydroxylation is 1. The van der Waals surface area contributed by atoms with Crippen LogP contribution in [-0.4, -0.2) is 56.1 Å². The molecular formula is C36H32O14S3. The minimum atomic E-state index is -4.79. The van der Waals surface area contributed by atoms with Crippen LogP contribution in [-0.2, 0) is 36.2 Å². The van der Waals surface area contributed by atoms with E-state index in [1.807, 2.05) is 19.1 Å². The quantitative estimate of drug-likeness (QED) is 0.0340. The molecule has 17 heteroatoms. The zero-order chi connectivity index (χ0) is 38.8. The summed E-state index contributed by atoms with van der Waals surface area (Å²) in [7, 11) is -6.96. The van der Waals surface area contributed by atoms with Crippen LogP contribution < -0.4 is 14.2 Å². The Morgan fingerprint density at radius 2 is 1.17 bits per heavy atom. The van der Waals surface area contributed by atoms with Gasteiger partial charge >= 0.3 is 0 Å². The first-order valence-electron chi connectivity index (χ1n) is 15.1. The molecule has 0 bridgehead atoms. The molecule has 0 aliphatic heterocycles. The predicted octanol–water partition coefficient (Wildman–Crippen LogP) is 7.02. The molecule has 3 N–H and O–H groups in total. The van der Waals surface area contributed by atoms with Gasteiger partial charge in [-0.1, -0.05) is 47.0 Å². The average Bonchev–Trinajstić information content (AvgIpc) is 3.12. The molecule has 5 rings (SSSR count). The van der Waals surface area contributed by atoms with Gasteiger partial charge in [-0.2, -0.15) is 16.8 Å². The second-order valence-corrected chi connectivity index (χ2v) is 14.6. The van der Waals surface area contributed by atoms with E-state index in [1.54, 1.807) is 66.7 Å². The van der Waals surface area contributed by atoms with Crippen molar-refractivity contribution >= 4 is 43.8 Å². The van der Waals surface area contributed by atoms with E-state index >= 15 is 0 Å². The Balaban J connectivity index is 0.00000117. The van der Waals surface area contributed by atoms with Gasteiger partial charge in [0.05, 0.1) is 25.4 Å². The van der Waals surface area contributed by atoms with Crippen molar-refractivity contribution in [2.45, 2.75) is 23.3 Å². The number of carbonyl (C=O) groups excluding carboxylic acids is 2. The third-order valence-corrected chi connectivity index (χ3v) is 8.64. The standard InChI is InChI=1S/C35H28O11S2.CH4O3S/c1-22-3-5-23(6-4-22)34(36)24-9-12-29(13-10-24)43-21-27-8-7-25(19-32(27)47-46-45-38)35(37)26-11-18-31(33(20-26)48(39,40)41)44-30-16-14-28(42-2)15-17-30;1-5(2,3)4/h3-20,38H,21H2,1-2H3,(H,39,40,41);1H3,(H,2,3,4). The van der Waals surface area contributed by atoms with Gasteiger partial charge in [0, 0.05) is 32.7 Å². The molecule has 0 spiro atoms. The van der Waals surface area contributed by atoms with Crippen LogP contribution >= 0.6 is 12.0 Å². The lowest BCUT2D eigenvalue weighted by atomic mass is 10.0. The second-order valence-electron chi connectivity index (χ2n) is 11.0. The van der Waals surface area contributed by atoms with Crippen molar-refractivity contribution in [2.24, 2.45) is 0 Å². The molecule has 0 aliphatic rings. The van der Waals surface area contributed by atoms with E-state index in [-0.39, 0.29) is 35.0 Å². The van der Waals surface area contributed by atoms with Gasteiger partial charge in [-0.05, 0) is 79.7 Å². The fraction of sp³-hybridized carbons (Fsp3) is 0.111. The highest BCUT2D eigenvalue weighted by Crippen LogP contribution is 2.33. The summed E-state index contributed by atoms with van der Waals surface area (Å²) in [6, 6.07) is 28.4. The van der Waals surface area contributed by atoms with Crippen molar-refractivity contribution in [2.75, 3.05) is 13.4 Å². The van der Waals surface area contributed by atoms with Crippen LogP contribution in [0.25, 0.3) is 0 Å². The number of methoxy groups -OCH3 is 1. The first kappa shape index (κ1) is 40.7. The summed E-state index contributed by atoms with van der Waals surface area (Å²) < 4.78 is 81.6. The minimum Gasteiger partial charge on any atom is -0.497 e. The maximum absolute atomic E-state index is 13.5. The summed E-state index contributed by atoms with van der Waals surface area (Å²) in [5, 5.41) is 12.5. The van der Waals surface area contributed by atoms with Gasteiger partial charge in [0.25, 0.3) is 20.2 Å². The highest BCUT2D eigenvalue weighted by molar-refractivity contribution is 7.94. The molecule has 0 amide bonds. The van der Waals surface area contributed by atoms with E-state index in [9.17, 15) is 31.0 Å². The maximum atomic E-state index is 13.5. The first-order valence-corrected chi connectivity index (χ1v) is 19.1. The molecule has 0 radical (unpaired) electrons. The smallest absolute Gasteiger partial charge is 0.298 e. The largest absolute Gasteiger partial charge is 0.497 e. The Bertz CT molecular complexity index is 2260. The Hall–Kier alpha value is -5.11. The van der Waals surface area contributed by atoms with Gasteiger partial charge in [-0.25, -0.2) is 5.26 Å². The van der Waals surface area contributed by atoms with Crippen LogP contribution in [0.2, 0.25) is 0 Å². The molecule has 0 atom stereocenters. The van der Waals surface area contributed by atoms with Crippen molar-refractivity contribution in [3.8, 4) is 23.0 Å². The van der Waals surface area contributed by atoms with Gasteiger partial charge in [0.1, 0.15) is 34.5 Å². The van der Waals surface area contributed by atoms with E-state index < -0.39 is 30.9 Å². The Morgan fingerprint density at radius 1 is 0.679 bits per heavy atom. The molecule has 278 valence electrons. The van der Waals surface area contributed by atoms with E-state index in [0.717, 1.165) is 11.6 Å². The molecule has 0 unspecified atom stereocenters. The van der Waals surface area contributed by atoms with Gasteiger partial charge in [-0.3, -0.25) is 18.7 Å².